The standard InChI is InChI=1S/2C13H26N2.4CH4/c2*1-14-7-3-12(4-8-14)11-13-5-9-15(2)10-6-13;;;;/h2*12-13H,3-11H2,1-2H3;4*1H4. The highest BCUT2D eigenvalue weighted by Crippen LogP contribution is 2.30. The van der Waals surface area contributed by atoms with Crippen LogP contribution in [-0.2, 0) is 0 Å². The van der Waals surface area contributed by atoms with Crippen molar-refractivity contribution in [1.82, 2.24) is 19.6 Å². The van der Waals surface area contributed by atoms with Crippen LogP contribution in [0.25, 0.3) is 0 Å². The Morgan fingerprint density at radius 3 is 0.647 bits per heavy atom. The molecule has 4 heteroatoms. The summed E-state index contributed by atoms with van der Waals surface area (Å²) in [6.07, 6.45) is 14.6. The maximum atomic E-state index is 2.48. The van der Waals surface area contributed by atoms with Crippen LogP contribution in [0.5, 0.6) is 0 Å². The molecular weight excluding hydrogens is 416 g/mol. The van der Waals surface area contributed by atoms with Crippen molar-refractivity contribution in [3.8, 4) is 0 Å². The van der Waals surface area contributed by atoms with Crippen LogP contribution in [-0.4, -0.2) is 100 Å². The highest BCUT2D eigenvalue weighted by Gasteiger charge is 2.24. The molecule has 4 rings (SSSR count). The highest BCUT2D eigenvalue weighted by atomic mass is 15.1. The Kier molecular flexibility index (Phi) is 20.1. The van der Waals surface area contributed by atoms with Gasteiger partial charge in [-0.3, -0.25) is 0 Å². The first-order valence-electron chi connectivity index (χ1n) is 13.2. The number of rotatable bonds is 4. The first-order chi connectivity index (χ1) is 14.5. The number of piperidine rings is 4. The van der Waals surface area contributed by atoms with E-state index in [4.69, 9.17) is 0 Å². The molecule has 0 bridgehead atoms. The zero-order valence-electron chi connectivity index (χ0n) is 20.8. The second kappa shape index (κ2) is 19.0. The molecule has 4 aliphatic rings. The minimum absolute atomic E-state index is 0. The first kappa shape index (κ1) is 36.0. The van der Waals surface area contributed by atoms with Gasteiger partial charge in [0.05, 0.1) is 0 Å². The largest absolute Gasteiger partial charge is 0.306 e. The van der Waals surface area contributed by atoms with Crippen LogP contribution < -0.4 is 0 Å². The van der Waals surface area contributed by atoms with Crippen LogP contribution in [0.3, 0.4) is 0 Å². The van der Waals surface area contributed by atoms with Crippen molar-refractivity contribution >= 4 is 0 Å². The smallest absolute Gasteiger partial charge is 0.00191 e. The van der Waals surface area contributed by atoms with Gasteiger partial charge in [-0.1, -0.05) is 29.7 Å². The van der Waals surface area contributed by atoms with Gasteiger partial charge < -0.3 is 19.6 Å². The summed E-state index contributed by atoms with van der Waals surface area (Å²) >= 11 is 0. The Labute approximate surface area is 217 Å². The SMILES string of the molecule is C.C.C.C.CN1CCC(CC2CCN(C)CC2)CC1.CN1CCC(CC2CCN(C)CC2)CC1. The van der Waals surface area contributed by atoms with Crippen molar-refractivity contribution in [2.75, 3.05) is 80.5 Å². The van der Waals surface area contributed by atoms with Gasteiger partial charge in [0.2, 0.25) is 0 Å². The minimum Gasteiger partial charge on any atom is -0.306 e. The molecule has 0 spiro atoms. The van der Waals surface area contributed by atoms with Crippen LogP contribution in [0.15, 0.2) is 0 Å². The molecule has 4 fully saturated rings. The summed E-state index contributed by atoms with van der Waals surface area (Å²) in [5.74, 6) is 4.15. The topological polar surface area (TPSA) is 13.0 Å². The molecule has 4 saturated heterocycles. The summed E-state index contributed by atoms with van der Waals surface area (Å²) in [6.45, 7) is 10.6. The van der Waals surface area contributed by atoms with E-state index < -0.39 is 0 Å². The van der Waals surface area contributed by atoms with E-state index in [1.54, 1.807) is 0 Å². The Hall–Kier alpha value is -0.160. The number of nitrogens with zero attached hydrogens (tertiary/aromatic N) is 4. The van der Waals surface area contributed by atoms with Gasteiger partial charge in [-0.2, -0.15) is 0 Å². The van der Waals surface area contributed by atoms with Crippen LogP contribution in [0.2, 0.25) is 0 Å². The van der Waals surface area contributed by atoms with Gasteiger partial charge in [0.15, 0.2) is 0 Å². The molecule has 0 N–H and O–H groups in total. The van der Waals surface area contributed by atoms with Gasteiger partial charge in [0.25, 0.3) is 0 Å². The maximum Gasteiger partial charge on any atom is -0.00191 e. The fourth-order valence-corrected chi connectivity index (χ4v) is 6.13. The molecule has 0 amide bonds. The lowest BCUT2D eigenvalue weighted by Gasteiger charge is -2.34. The average Bonchev–Trinajstić information content (AvgIpc) is 2.75. The molecule has 208 valence electrons. The summed E-state index contributed by atoms with van der Waals surface area (Å²) in [4.78, 5) is 9.91. The molecule has 0 aromatic rings. The highest BCUT2D eigenvalue weighted by molar-refractivity contribution is 4.78. The van der Waals surface area contributed by atoms with E-state index in [0.29, 0.717) is 0 Å². The van der Waals surface area contributed by atoms with Gasteiger partial charge in [0.1, 0.15) is 0 Å². The van der Waals surface area contributed by atoms with Gasteiger partial charge in [-0.05, 0) is 168 Å². The fraction of sp³-hybridized carbons (Fsp3) is 1.00. The molecule has 4 aliphatic heterocycles. The molecule has 0 aromatic heterocycles. The zero-order valence-corrected chi connectivity index (χ0v) is 20.8. The first-order valence-corrected chi connectivity index (χ1v) is 13.2. The Morgan fingerprint density at radius 2 is 0.500 bits per heavy atom. The third-order valence-electron chi connectivity index (χ3n) is 8.69. The van der Waals surface area contributed by atoms with Gasteiger partial charge in [0, 0.05) is 0 Å². The van der Waals surface area contributed by atoms with Crippen molar-refractivity contribution in [2.45, 2.75) is 93.9 Å². The second-order valence-electron chi connectivity index (χ2n) is 11.5. The van der Waals surface area contributed by atoms with Crippen molar-refractivity contribution < 1.29 is 0 Å². The minimum atomic E-state index is 0. The molecule has 0 unspecified atom stereocenters. The summed E-state index contributed by atoms with van der Waals surface area (Å²) in [5, 5.41) is 0. The van der Waals surface area contributed by atoms with E-state index in [9.17, 15) is 0 Å². The zero-order chi connectivity index (χ0) is 21.3. The lowest BCUT2D eigenvalue weighted by atomic mass is 9.83. The summed E-state index contributed by atoms with van der Waals surface area (Å²) in [6, 6.07) is 0. The van der Waals surface area contributed by atoms with Crippen LogP contribution in [0, 0.1) is 23.7 Å². The van der Waals surface area contributed by atoms with E-state index in [2.05, 4.69) is 47.8 Å². The number of likely N-dealkylation sites (tertiary alicyclic amines) is 4. The van der Waals surface area contributed by atoms with Crippen molar-refractivity contribution in [3.63, 3.8) is 0 Å². The quantitative estimate of drug-likeness (QED) is 0.442. The summed E-state index contributed by atoms with van der Waals surface area (Å²) in [7, 11) is 9.02. The lowest BCUT2D eigenvalue weighted by Crippen LogP contribution is -2.34. The molecule has 4 heterocycles. The molecule has 0 atom stereocenters. The summed E-state index contributed by atoms with van der Waals surface area (Å²) < 4.78 is 0. The Bertz CT molecular complexity index is 357. The summed E-state index contributed by atoms with van der Waals surface area (Å²) in [5.41, 5.74) is 0. The Morgan fingerprint density at radius 1 is 0.353 bits per heavy atom. The number of hydrogen-bond donors (Lipinski definition) is 0. The number of hydrogen-bond acceptors (Lipinski definition) is 4. The van der Waals surface area contributed by atoms with Gasteiger partial charge in [-0.15, -0.1) is 0 Å². The third-order valence-corrected chi connectivity index (χ3v) is 8.69. The van der Waals surface area contributed by atoms with Crippen LogP contribution in [0.1, 0.15) is 93.9 Å². The van der Waals surface area contributed by atoms with Crippen LogP contribution in [0.4, 0.5) is 0 Å². The normalized spacial score (nSPS) is 25.1. The molecule has 34 heavy (non-hydrogen) atoms. The van der Waals surface area contributed by atoms with Crippen LogP contribution >= 0.6 is 0 Å². The molecular formula is C30H68N4. The second-order valence-corrected chi connectivity index (χ2v) is 11.5. The molecule has 0 aliphatic carbocycles. The van der Waals surface area contributed by atoms with Crippen molar-refractivity contribution in [2.24, 2.45) is 23.7 Å². The lowest BCUT2D eigenvalue weighted by molar-refractivity contribution is 0.156. The predicted octanol–water partition coefficient (Wildman–Crippen LogP) is 6.66. The van der Waals surface area contributed by atoms with Gasteiger partial charge >= 0.3 is 0 Å². The van der Waals surface area contributed by atoms with Crippen molar-refractivity contribution in [3.05, 3.63) is 0 Å². The molecule has 0 aromatic carbocycles. The fourth-order valence-electron chi connectivity index (χ4n) is 6.13. The van der Waals surface area contributed by atoms with Crippen molar-refractivity contribution in [1.29, 1.82) is 0 Å². The Balaban J connectivity index is 0. The molecule has 4 nitrogen and oxygen atoms in total. The average molecular weight is 485 g/mol. The monoisotopic (exact) mass is 485 g/mol. The molecule has 0 saturated carbocycles. The predicted molar refractivity (Wildman–Crippen MR) is 157 cm³/mol. The molecule has 0 radical (unpaired) electrons. The van der Waals surface area contributed by atoms with E-state index in [0.717, 1.165) is 23.7 Å². The maximum absolute atomic E-state index is 2.48. The van der Waals surface area contributed by atoms with E-state index >= 15 is 0 Å². The van der Waals surface area contributed by atoms with E-state index in [1.165, 1.54) is 117 Å². The van der Waals surface area contributed by atoms with Gasteiger partial charge in [-0.25, -0.2) is 0 Å². The third kappa shape index (κ3) is 13.2. The van der Waals surface area contributed by atoms with E-state index in [1.807, 2.05) is 0 Å². The van der Waals surface area contributed by atoms with E-state index in [-0.39, 0.29) is 29.7 Å².